The fourth-order valence-corrected chi connectivity index (χ4v) is 1.85. The molecule has 0 heterocycles. The molecule has 0 fully saturated rings. The van der Waals surface area contributed by atoms with Crippen LogP contribution in [0.5, 0.6) is 0 Å². The van der Waals surface area contributed by atoms with Gasteiger partial charge in [-0.15, -0.1) is 11.6 Å². The molecule has 0 amide bonds. The van der Waals surface area contributed by atoms with Crippen LogP contribution in [0.2, 0.25) is 0 Å². The maximum Gasteiger partial charge on any atom is 0.307 e. The second-order valence-electron chi connectivity index (χ2n) is 3.93. The van der Waals surface area contributed by atoms with Gasteiger partial charge in [-0.2, -0.15) is 0 Å². The van der Waals surface area contributed by atoms with E-state index in [0.29, 0.717) is 11.1 Å². The van der Waals surface area contributed by atoms with Gasteiger partial charge in [0.05, 0.1) is 6.42 Å². The highest BCUT2D eigenvalue weighted by Gasteiger charge is 2.18. The molecular weight excluding hydrogens is 240 g/mol. The summed E-state index contributed by atoms with van der Waals surface area (Å²) in [6, 6.07) is 5.42. The van der Waals surface area contributed by atoms with E-state index in [1.807, 2.05) is 19.1 Å². The number of hydrogen-bond donors (Lipinski definition) is 1. The molecule has 0 radical (unpaired) electrons. The van der Waals surface area contributed by atoms with E-state index in [-0.39, 0.29) is 12.2 Å². The van der Waals surface area contributed by atoms with Crippen LogP contribution in [0.3, 0.4) is 0 Å². The van der Waals surface area contributed by atoms with Crippen LogP contribution in [0.25, 0.3) is 0 Å². The van der Waals surface area contributed by atoms with Crippen molar-refractivity contribution < 1.29 is 14.7 Å². The molecule has 0 bridgehead atoms. The summed E-state index contributed by atoms with van der Waals surface area (Å²) in [7, 11) is 0. The highest BCUT2D eigenvalue weighted by molar-refractivity contribution is 6.30. The van der Waals surface area contributed by atoms with Gasteiger partial charge >= 0.3 is 5.97 Å². The molecule has 1 unspecified atom stereocenters. The van der Waals surface area contributed by atoms with Gasteiger partial charge in [0.2, 0.25) is 0 Å². The predicted molar refractivity (Wildman–Crippen MR) is 66.4 cm³/mol. The van der Waals surface area contributed by atoms with Gasteiger partial charge in [0, 0.05) is 0 Å². The van der Waals surface area contributed by atoms with E-state index in [1.54, 1.807) is 6.07 Å². The molecule has 0 aromatic heterocycles. The van der Waals surface area contributed by atoms with Crippen molar-refractivity contribution in [1.29, 1.82) is 0 Å². The van der Waals surface area contributed by atoms with Crippen molar-refractivity contribution in [3.63, 3.8) is 0 Å². The van der Waals surface area contributed by atoms with E-state index < -0.39 is 11.3 Å². The number of carbonyl (C=O) groups is 2. The lowest BCUT2D eigenvalue weighted by molar-refractivity contribution is -0.136. The molecule has 0 saturated carbocycles. The Morgan fingerprint density at radius 3 is 2.53 bits per heavy atom. The van der Waals surface area contributed by atoms with Crippen molar-refractivity contribution >= 4 is 23.4 Å². The molecule has 1 rings (SSSR count). The normalized spacial score (nSPS) is 12.2. The van der Waals surface area contributed by atoms with E-state index in [4.69, 9.17) is 16.7 Å². The monoisotopic (exact) mass is 254 g/mol. The quantitative estimate of drug-likeness (QED) is 0.822. The third-order valence-electron chi connectivity index (χ3n) is 2.59. The number of carboxylic acid groups (broad SMARTS) is 1. The number of alkyl halides is 1. The van der Waals surface area contributed by atoms with Gasteiger partial charge in [0.15, 0.2) is 5.78 Å². The summed E-state index contributed by atoms with van der Waals surface area (Å²) in [6.07, 6.45) is 0.706. The van der Waals surface area contributed by atoms with Crippen molar-refractivity contribution in [2.45, 2.75) is 32.1 Å². The molecule has 0 aliphatic heterocycles. The molecule has 4 heteroatoms. The zero-order valence-corrected chi connectivity index (χ0v) is 10.6. The minimum atomic E-state index is -0.928. The number of Topliss-reactive ketones (excluding diaryl/α,β-unsaturated/α-hetero) is 1. The smallest absolute Gasteiger partial charge is 0.307 e. The Labute approximate surface area is 105 Å². The molecule has 17 heavy (non-hydrogen) atoms. The first-order valence-corrected chi connectivity index (χ1v) is 5.87. The van der Waals surface area contributed by atoms with Gasteiger partial charge in [0.1, 0.15) is 5.38 Å². The number of carbonyl (C=O) groups excluding carboxylic acids is 1. The molecule has 0 saturated heterocycles. The van der Waals surface area contributed by atoms with Gasteiger partial charge in [-0.1, -0.05) is 25.1 Å². The first-order valence-electron chi connectivity index (χ1n) is 5.43. The Hall–Kier alpha value is -1.35. The molecule has 1 aromatic carbocycles. The standard InChI is InChI=1S/C13H15ClO3/c1-3-9-4-5-10(7-12(16)17)11(6-9)13(14)8(2)15/h4-6,13H,3,7H2,1-2H3,(H,16,17). The molecule has 3 nitrogen and oxygen atoms in total. The average molecular weight is 255 g/mol. The fraction of sp³-hybridized carbons (Fsp3) is 0.385. The topological polar surface area (TPSA) is 54.4 Å². The third-order valence-corrected chi connectivity index (χ3v) is 3.13. The van der Waals surface area contributed by atoms with Gasteiger partial charge in [0.25, 0.3) is 0 Å². The Balaban J connectivity index is 3.20. The van der Waals surface area contributed by atoms with Crippen LogP contribution in [0.15, 0.2) is 18.2 Å². The average Bonchev–Trinajstić information content (AvgIpc) is 2.27. The number of hydrogen-bond acceptors (Lipinski definition) is 2. The van der Waals surface area contributed by atoms with E-state index in [1.165, 1.54) is 6.92 Å². The first-order chi connectivity index (χ1) is 7.95. The Bertz CT molecular complexity index is 440. The summed E-state index contributed by atoms with van der Waals surface area (Å²) in [6.45, 7) is 3.40. The fourth-order valence-electron chi connectivity index (χ4n) is 1.64. The van der Waals surface area contributed by atoms with Crippen molar-refractivity contribution in [3.05, 3.63) is 34.9 Å². The van der Waals surface area contributed by atoms with Crippen molar-refractivity contribution in [3.8, 4) is 0 Å². The number of aliphatic carboxylic acids is 1. The van der Waals surface area contributed by atoms with Crippen LogP contribution in [0.1, 0.15) is 35.9 Å². The van der Waals surface area contributed by atoms with E-state index in [0.717, 1.165) is 12.0 Å². The molecule has 0 spiro atoms. The highest BCUT2D eigenvalue weighted by atomic mass is 35.5. The lowest BCUT2D eigenvalue weighted by Crippen LogP contribution is -2.09. The maximum atomic E-state index is 11.3. The second-order valence-corrected chi connectivity index (χ2v) is 4.37. The zero-order chi connectivity index (χ0) is 13.0. The number of benzene rings is 1. The molecule has 1 atom stereocenters. The number of aryl methyl sites for hydroxylation is 1. The van der Waals surface area contributed by atoms with Gasteiger partial charge in [-0.25, -0.2) is 0 Å². The summed E-state index contributed by atoms with van der Waals surface area (Å²) in [5.74, 6) is -1.10. The number of rotatable bonds is 5. The highest BCUT2D eigenvalue weighted by Crippen LogP contribution is 2.27. The first kappa shape index (κ1) is 13.7. The lowest BCUT2D eigenvalue weighted by atomic mass is 9.96. The van der Waals surface area contributed by atoms with Crippen LogP contribution in [0.4, 0.5) is 0 Å². The largest absolute Gasteiger partial charge is 0.481 e. The van der Waals surface area contributed by atoms with Crippen molar-refractivity contribution in [2.75, 3.05) is 0 Å². The van der Waals surface area contributed by atoms with E-state index in [9.17, 15) is 9.59 Å². The van der Waals surface area contributed by atoms with Crippen LogP contribution >= 0.6 is 11.6 Å². The van der Waals surface area contributed by atoms with Crippen LogP contribution in [-0.4, -0.2) is 16.9 Å². The lowest BCUT2D eigenvalue weighted by Gasteiger charge is -2.13. The van der Waals surface area contributed by atoms with Crippen LogP contribution in [0, 0.1) is 0 Å². The van der Waals surface area contributed by atoms with Crippen molar-refractivity contribution in [2.24, 2.45) is 0 Å². The molecule has 1 aromatic rings. The number of carboxylic acids is 1. The third kappa shape index (κ3) is 3.56. The van der Waals surface area contributed by atoms with Gasteiger partial charge in [-0.05, 0) is 30.0 Å². The van der Waals surface area contributed by atoms with Crippen LogP contribution in [-0.2, 0) is 22.4 Å². The second kappa shape index (κ2) is 5.82. The molecule has 1 N–H and O–H groups in total. The molecular formula is C13H15ClO3. The molecule has 0 aliphatic carbocycles. The Kier molecular flexibility index (Phi) is 4.70. The Morgan fingerprint density at radius 2 is 2.06 bits per heavy atom. The SMILES string of the molecule is CCc1ccc(CC(=O)O)c(C(Cl)C(C)=O)c1. The maximum absolute atomic E-state index is 11.3. The Morgan fingerprint density at radius 1 is 1.41 bits per heavy atom. The predicted octanol–water partition coefficient (Wildman–Crippen LogP) is 2.75. The van der Waals surface area contributed by atoms with E-state index in [2.05, 4.69) is 0 Å². The molecule has 0 aliphatic rings. The summed E-state index contributed by atoms with van der Waals surface area (Å²) < 4.78 is 0. The summed E-state index contributed by atoms with van der Waals surface area (Å²) in [5, 5.41) is 8.04. The van der Waals surface area contributed by atoms with E-state index >= 15 is 0 Å². The summed E-state index contributed by atoms with van der Waals surface area (Å²) >= 11 is 6.02. The minimum Gasteiger partial charge on any atom is -0.481 e. The number of halogens is 1. The number of ketones is 1. The van der Waals surface area contributed by atoms with Crippen LogP contribution < -0.4 is 0 Å². The zero-order valence-electron chi connectivity index (χ0n) is 9.87. The summed E-state index contributed by atoms with van der Waals surface area (Å²) in [4.78, 5) is 22.0. The van der Waals surface area contributed by atoms with Crippen molar-refractivity contribution in [1.82, 2.24) is 0 Å². The van der Waals surface area contributed by atoms with Gasteiger partial charge < -0.3 is 5.11 Å². The molecule has 92 valence electrons. The minimum absolute atomic E-state index is 0.115. The summed E-state index contributed by atoms with van der Waals surface area (Å²) in [5.41, 5.74) is 2.26. The van der Waals surface area contributed by atoms with Gasteiger partial charge in [-0.3, -0.25) is 9.59 Å².